The van der Waals surface area contributed by atoms with Gasteiger partial charge in [-0.1, -0.05) is 12.1 Å². The molecule has 162 valence electrons. The minimum atomic E-state index is -0.329. The number of likely N-dealkylation sites (tertiary alicyclic amines) is 1. The molecule has 1 fully saturated rings. The Morgan fingerprint density at radius 2 is 2.03 bits per heavy atom. The number of aryl methyl sites for hydroxylation is 2. The molecule has 3 aromatic rings. The van der Waals surface area contributed by atoms with Crippen molar-refractivity contribution in [3.05, 3.63) is 59.3 Å². The van der Waals surface area contributed by atoms with E-state index in [0.29, 0.717) is 35.3 Å². The number of benzene rings is 1. The molecule has 8 heteroatoms. The van der Waals surface area contributed by atoms with Crippen LogP contribution in [0.3, 0.4) is 0 Å². The average Bonchev–Trinajstić information content (AvgIpc) is 3.10. The highest BCUT2D eigenvalue weighted by molar-refractivity contribution is 5.93. The van der Waals surface area contributed by atoms with Crippen molar-refractivity contribution in [1.29, 1.82) is 0 Å². The molecule has 4 rings (SSSR count). The van der Waals surface area contributed by atoms with Crippen molar-refractivity contribution in [1.82, 2.24) is 19.9 Å². The van der Waals surface area contributed by atoms with Gasteiger partial charge in [0, 0.05) is 39.3 Å². The zero-order chi connectivity index (χ0) is 22.1. The number of anilines is 1. The predicted octanol–water partition coefficient (Wildman–Crippen LogP) is 4.32. The van der Waals surface area contributed by atoms with Gasteiger partial charge in [0.1, 0.15) is 5.82 Å². The summed E-state index contributed by atoms with van der Waals surface area (Å²) in [4.78, 5) is 30.5. The maximum atomic E-state index is 14.0. The fourth-order valence-corrected chi connectivity index (χ4v) is 4.05. The van der Waals surface area contributed by atoms with Crippen LogP contribution in [0.25, 0.3) is 11.1 Å². The van der Waals surface area contributed by atoms with Crippen LogP contribution in [0.5, 0.6) is 0 Å². The summed E-state index contributed by atoms with van der Waals surface area (Å²) in [6.07, 6.45) is 4.33. The number of oxazole rings is 1. The number of hydrogen-bond acceptors (Lipinski definition) is 6. The third kappa shape index (κ3) is 4.15. The summed E-state index contributed by atoms with van der Waals surface area (Å²) in [5, 5.41) is 0. The second-order valence-electron chi connectivity index (χ2n) is 8.03. The van der Waals surface area contributed by atoms with Crippen LogP contribution >= 0.6 is 0 Å². The van der Waals surface area contributed by atoms with Crippen LogP contribution in [-0.4, -0.2) is 46.4 Å². The molecule has 31 heavy (non-hydrogen) atoms. The summed E-state index contributed by atoms with van der Waals surface area (Å²) in [6.45, 7) is 4.09. The smallest absolute Gasteiger partial charge is 0.292 e. The molecule has 1 amide bonds. The van der Waals surface area contributed by atoms with E-state index >= 15 is 0 Å². The molecule has 0 saturated carbocycles. The summed E-state index contributed by atoms with van der Waals surface area (Å²) in [5.74, 6) is 0.743. The first-order valence-corrected chi connectivity index (χ1v) is 10.4. The molecule has 1 aliphatic heterocycles. The molecular formula is C23H26FN5O2. The molecule has 2 aromatic heterocycles. The zero-order valence-electron chi connectivity index (χ0n) is 18.2. The highest BCUT2D eigenvalue weighted by atomic mass is 19.1. The standard InChI is InChI=1S/C23H26FN5O2/c1-14-21(31-15(2)26-14)22(30)29-11-6-5-10-19(29)20-18(13-25-23(27-20)28(3)4)16-8-7-9-17(24)12-16/h7-9,12-13,19H,5-6,10-11H2,1-4H3. The number of carbonyl (C=O) groups is 1. The Kier molecular flexibility index (Phi) is 5.71. The highest BCUT2D eigenvalue weighted by Gasteiger charge is 2.34. The van der Waals surface area contributed by atoms with E-state index in [2.05, 4.69) is 9.97 Å². The molecule has 1 aliphatic rings. The van der Waals surface area contributed by atoms with Crippen LogP contribution in [0.4, 0.5) is 10.3 Å². The minimum Gasteiger partial charge on any atom is -0.436 e. The maximum Gasteiger partial charge on any atom is 0.292 e. The number of piperidine rings is 1. The van der Waals surface area contributed by atoms with Crippen LogP contribution in [0, 0.1) is 19.7 Å². The predicted molar refractivity (Wildman–Crippen MR) is 115 cm³/mol. The Labute approximate surface area is 180 Å². The Balaban J connectivity index is 1.82. The molecule has 1 aromatic carbocycles. The first kappa shape index (κ1) is 21.0. The van der Waals surface area contributed by atoms with Gasteiger partial charge in [-0.15, -0.1) is 0 Å². The van der Waals surface area contributed by atoms with Crippen molar-refractivity contribution in [3.63, 3.8) is 0 Å². The van der Waals surface area contributed by atoms with Gasteiger partial charge in [-0.3, -0.25) is 4.79 Å². The number of carbonyl (C=O) groups excluding carboxylic acids is 1. The van der Waals surface area contributed by atoms with Gasteiger partial charge >= 0.3 is 0 Å². The second-order valence-corrected chi connectivity index (χ2v) is 8.03. The molecule has 0 N–H and O–H groups in total. The van der Waals surface area contributed by atoms with Crippen LogP contribution < -0.4 is 4.90 Å². The highest BCUT2D eigenvalue weighted by Crippen LogP contribution is 2.37. The SMILES string of the molecule is Cc1nc(C)c(C(=O)N2CCCCC2c2nc(N(C)C)ncc2-c2cccc(F)c2)o1. The normalized spacial score (nSPS) is 16.4. The van der Waals surface area contributed by atoms with Gasteiger partial charge < -0.3 is 14.2 Å². The summed E-state index contributed by atoms with van der Waals surface area (Å²) >= 11 is 0. The van der Waals surface area contributed by atoms with E-state index < -0.39 is 0 Å². The number of nitrogens with zero attached hydrogens (tertiary/aromatic N) is 5. The lowest BCUT2D eigenvalue weighted by atomic mass is 9.93. The van der Waals surface area contributed by atoms with Crippen molar-refractivity contribution >= 4 is 11.9 Å². The Morgan fingerprint density at radius 3 is 2.71 bits per heavy atom. The number of halogens is 1. The summed E-state index contributed by atoms with van der Waals surface area (Å²) in [7, 11) is 3.73. The van der Waals surface area contributed by atoms with Gasteiger partial charge in [0.25, 0.3) is 5.91 Å². The van der Waals surface area contributed by atoms with Gasteiger partial charge in [-0.05, 0) is 43.9 Å². The zero-order valence-corrected chi connectivity index (χ0v) is 18.2. The molecule has 7 nitrogen and oxygen atoms in total. The Morgan fingerprint density at radius 1 is 1.23 bits per heavy atom. The van der Waals surface area contributed by atoms with Crippen LogP contribution in [-0.2, 0) is 0 Å². The van der Waals surface area contributed by atoms with Gasteiger partial charge in [-0.2, -0.15) is 0 Å². The molecule has 1 unspecified atom stereocenters. The van der Waals surface area contributed by atoms with E-state index in [4.69, 9.17) is 9.40 Å². The van der Waals surface area contributed by atoms with Crippen molar-refractivity contribution in [2.45, 2.75) is 39.2 Å². The van der Waals surface area contributed by atoms with Gasteiger partial charge in [0.15, 0.2) is 5.89 Å². The quantitative estimate of drug-likeness (QED) is 0.622. The van der Waals surface area contributed by atoms with Crippen molar-refractivity contribution in [2.24, 2.45) is 0 Å². The largest absolute Gasteiger partial charge is 0.436 e. The van der Waals surface area contributed by atoms with Crippen LogP contribution in [0.15, 0.2) is 34.9 Å². The minimum absolute atomic E-state index is 0.196. The van der Waals surface area contributed by atoms with E-state index in [1.165, 1.54) is 12.1 Å². The maximum absolute atomic E-state index is 14.0. The second kappa shape index (κ2) is 8.45. The molecule has 0 spiro atoms. The Bertz CT molecular complexity index is 1110. The van der Waals surface area contributed by atoms with Crippen molar-refractivity contribution in [2.75, 3.05) is 25.5 Å². The lowest BCUT2D eigenvalue weighted by Crippen LogP contribution is -2.39. The lowest BCUT2D eigenvalue weighted by molar-refractivity contribution is 0.0572. The van der Waals surface area contributed by atoms with Gasteiger partial charge in [0.2, 0.25) is 11.7 Å². The van der Waals surface area contributed by atoms with Crippen molar-refractivity contribution < 1.29 is 13.6 Å². The first-order chi connectivity index (χ1) is 14.8. The topological polar surface area (TPSA) is 75.4 Å². The van der Waals surface area contributed by atoms with Crippen molar-refractivity contribution in [3.8, 4) is 11.1 Å². The molecule has 0 aliphatic carbocycles. The molecule has 1 saturated heterocycles. The lowest BCUT2D eigenvalue weighted by Gasteiger charge is -2.36. The van der Waals surface area contributed by atoms with Gasteiger partial charge in [0.05, 0.1) is 17.4 Å². The van der Waals surface area contributed by atoms with Gasteiger partial charge in [-0.25, -0.2) is 19.3 Å². The first-order valence-electron chi connectivity index (χ1n) is 10.4. The summed E-state index contributed by atoms with van der Waals surface area (Å²) in [5.41, 5.74) is 2.70. The number of rotatable bonds is 4. The van der Waals surface area contributed by atoms with E-state index in [9.17, 15) is 9.18 Å². The fraction of sp³-hybridized carbons (Fsp3) is 0.391. The van der Waals surface area contributed by atoms with Crippen LogP contribution in [0.2, 0.25) is 0 Å². The fourth-order valence-electron chi connectivity index (χ4n) is 4.05. The molecule has 1 atom stereocenters. The van der Waals surface area contributed by atoms with E-state index in [1.54, 1.807) is 31.0 Å². The van der Waals surface area contributed by atoms with E-state index in [-0.39, 0.29) is 23.5 Å². The van der Waals surface area contributed by atoms with Crippen LogP contribution in [0.1, 0.15) is 53.1 Å². The number of hydrogen-bond donors (Lipinski definition) is 0. The summed E-state index contributed by atoms with van der Waals surface area (Å²) < 4.78 is 19.6. The number of amides is 1. The average molecular weight is 423 g/mol. The monoisotopic (exact) mass is 423 g/mol. The molecule has 3 heterocycles. The molecule has 0 bridgehead atoms. The molecule has 0 radical (unpaired) electrons. The summed E-state index contributed by atoms with van der Waals surface area (Å²) in [6, 6.07) is 6.10. The third-order valence-corrected chi connectivity index (χ3v) is 5.52. The van der Waals surface area contributed by atoms with E-state index in [1.807, 2.05) is 25.1 Å². The third-order valence-electron chi connectivity index (χ3n) is 5.52. The molecular weight excluding hydrogens is 397 g/mol. The Hall–Kier alpha value is -3.29. The number of aromatic nitrogens is 3. The van der Waals surface area contributed by atoms with E-state index in [0.717, 1.165) is 24.8 Å².